The Morgan fingerprint density at radius 3 is 2.84 bits per heavy atom. The summed E-state index contributed by atoms with van der Waals surface area (Å²) in [4.78, 5) is 11.6. The third-order valence-corrected chi connectivity index (χ3v) is 2.38. The first kappa shape index (κ1) is 13.5. The summed E-state index contributed by atoms with van der Waals surface area (Å²) >= 11 is 5.75. The predicted molar refractivity (Wildman–Crippen MR) is 70.2 cm³/mol. The lowest BCUT2D eigenvalue weighted by molar-refractivity contribution is 0.409. The van der Waals surface area contributed by atoms with Crippen molar-refractivity contribution in [3.63, 3.8) is 0 Å². The first-order valence-electron chi connectivity index (χ1n) is 5.68. The summed E-state index contributed by atoms with van der Waals surface area (Å²) in [6.45, 7) is 4.34. The van der Waals surface area contributed by atoms with Crippen LogP contribution in [0.4, 0.5) is 10.3 Å². The Kier molecular flexibility index (Phi) is 4.11. The molecule has 0 saturated carbocycles. The molecule has 100 valence electrons. The molecule has 0 amide bonds. The van der Waals surface area contributed by atoms with Gasteiger partial charge in [0.2, 0.25) is 11.2 Å². The monoisotopic (exact) mass is 282 g/mol. The van der Waals surface area contributed by atoms with Crippen LogP contribution in [-0.4, -0.2) is 21.5 Å². The second-order valence-corrected chi connectivity index (χ2v) is 4.11. The number of benzene rings is 1. The highest BCUT2D eigenvalue weighted by molar-refractivity contribution is 6.28. The highest BCUT2D eigenvalue weighted by atomic mass is 35.5. The Hall–Kier alpha value is -1.95. The van der Waals surface area contributed by atoms with Crippen molar-refractivity contribution in [1.82, 2.24) is 15.0 Å². The summed E-state index contributed by atoms with van der Waals surface area (Å²) in [7, 11) is 0. The third kappa shape index (κ3) is 3.51. The Morgan fingerprint density at radius 1 is 1.32 bits per heavy atom. The van der Waals surface area contributed by atoms with Crippen molar-refractivity contribution < 1.29 is 9.13 Å². The zero-order valence-corrected chi connectivity index (χ0v) is 11.2. The number of aromatic nitrogens is 3. The molecule has 1 N–H and O–H groups in total. The van der Waals surface area contributed by atoms with E-state index < -0.39 is 5.82 Å². The molecule has 0 radical (unpaired) electrons. The van der Waals surface area contributed by atoms with Gasteiger partial charge in [-0.25, -0.2) is 4.39 Å². The topological polar surface area (TPSA) is 59.9 Å². The quantitative estimate of drug-likeness (QED) is 0.933. The predicted octanol–water partition coefficient (Wildman–Crippen LogP) is 3.20. The molecular formula is C12H12ClFN4O. The van der Waals surface area contributed by atoms with Crippen LogP contribution in [0.5, 0.6) is 11.8 Å². The van der Waals surface area contributed by atoms with Gasteiger partial charge in [0.15, 0.2) is 11.6 Å². The largest absolute Gasteiger partial charge is 0.421 e. The minimum atomic E-state index is -0.493. The van der Waals surface area contributed by atoms with Crippen LogP contribution in [0, 0.1) is 12.7 Å². The fourth-order valence-electron chi connectivity index (χ4n) is 1.40. The van der Waals surface area contributed by atoms with Crippen molar-refractivity contribution in [2.75, 3.05) is 11.9 Å². The van der Waals surface area contributed by atoms with E-state index in [1.807, 2.05) is 13.8 Å². The summed E-state index contributed by atoms with van der Waals surface area (Å²) in [5.41, 5.74) is 0.864. The zero-order chi connectivity index (χ0) is 13.8. The van der Waals surface area contributed by atoms with E-state index in [0.29, 0.717) is 6.54 Å². The van der Waals surface area contributed by atoms with Crippen molar-refractivity contribution in [3.8, 4) is 11.8 Å². The van der Waals surface area contributed by atoms with E-state index >= 15 is 0 Å². The number of hydrogen-bond acceptors (Lipinski definition) is 5. The van der Waals surface area contributed by atoms with Crippen LogP contribution in [0.15, 0.2) is 18.2 Å². The maximum atomic E-state index is 13.6. The Bertz CT molecular complexity index is 594. The molecule has 2 rings (SSSR count). The Morgan fingerprint density at radius 2 is 2.11 bits per heavy atom. The van der Waals surface area contributed by atoms with Crippen molar-refractivity contribution in [2.24, 2.45) is 0 Å². The van der Waals surface area contributed by atoms with E-state index in [1.165, 1.54) is 6.07 Å². The van der Waals surface area contributed by atoms with Crippen molar-refractivity contribution in [2.45, 2.75) is 13.8 Å². The zero-order valence-electron chi connectivity index (χ0n) is 10.4. The summed E-state index contributed by atoms with van der Waals surface area (Å²) in [6.07, 6.45) is 0. The van der Waals surface area contributed by atoms with E-state index in [4.69, 9.17) is 16.3 Å². The number of halogens is 2. The Labute approximate surface area is 114 Å². The fourth-order valence-corrected chi connectivity index (χ4v) is 1.55. The lowest BCUT2D eigenvalue weighted by Gasteiger charge is -2.07. The molecule has 0 fully saturated rings. The molecule has 0 aliphatic heterocycles. The molecule has 0 aliphatic rings. The van der Waals surface area contributed by atoms with Gasteiger partial charge in [0.05, 0.1) is 0 Å². The molecule has 1 heterocycles. The summed E-state index contributed by atoms with van der Waals surface area (Å²) in [6, 6.07) is 4.46. The van der Waals surface area contributed by atoms with Crippen molar-refractivity contribution >= 4 is 17.5 Å². The molecule has 5 nitrogen and oxygen atoms in total. The van der Waals surface area contributed by atoms with Crippen LogP contribution in [0.2, 0.25) is 5.28 Å². The summed E-state index contributed by atoms with van der Waals surface area (Å²) in [5.74, 6) is -0.164. The van der Waals surface area contributed by atoms with Crippen LogP contribution < -0.4 is 10.1 Å². The molecular weight excluding hydrogens is 271 g/mol. The Balaban J connectivity index is 2.29. The van der Waals surface area contributed by atoms with Crippen LogP contribution in [0.1, 0.15) is 12.5 Å². The molecule has 0 spiro atoms. The number of anilines is 1. The van der Waals surface area contributed by atoms with Gasteiger partial charge in [0, 0.05) is 6.54 Å². The molecule has 2 aromatic rings. The van der Waals surface area contributed by atoms with E-state index in [2.05, 4.69) is 20.3 Å². The normalized spacial score (nSPS) is 10.3. The van der Waals surface area contributed by atoms with Gasteiger partial charge in [-0.05, 0) is 43.1 Å². The summed E-state index contributed by atoms with van der Waals surface area (Å²) in [5, 5.41) is 2.86. The molecule has 0 bridgehead atoms. The first-order chi connectivity index (χ1) is 9.08. The number of nitrogens with zero attached hydrogens (tertiary/aromatic N) is 3. The number of nitrogens with one attached hydrogen (secondary N) is 1. The average molecular weight is 283 g/mol. The summed E-state index contributed by atoms with van der Waals surface area (Å²) < 4.78 is 18.9. The smallest absolute Gasteiger partial charge is 0.328 e. The standard InChI is InChI=1S/C12H12ClFN4O/c1-3-15-11-16-10(13)17-12(18-11)19-9-6-7(2)4-5-8(9)14/h4-6H,3H2,1-2H3,(H,15,16,17,18). The molecule has 0 aliphatic carbocycles. The van der Waals surface area contributed by atoms with Crippen molar-refractivity contribution in [1.29, 1.82) is 0 Å². The van der Waals surface area contributed by atoms with Crippen molar-refractivity contribution in [3.05, 3.63) is 34.9 Å². The van der Waals surface area contributed by atoms with E-state index in [-0.39, 0.29) is 23.0 Å². The van der Waals surface area contributed by atoms with E-state index in [0.717, 1.165) is 5.56 Å². The highest BCUT2D eigenvalue weighted by Crippen LogP contribution is 2.24. The van der Waals surface area contributed by atoms with Gasteiger partial charge < -0.3 is 10.1 Å². The number of ether oxygens (including phenoxy) is 1. The second kappa shape index (κ2) is 5.79. The van der Waals surface area contributed by atoms with Gasteiger partial charge in [0.1, 0.15) is 0 Å². The van der Waals surface area contributed by atoms with Crippen LogP contribution in [-0.2, 0) is 0 Å². The number of rotatable bonds is 4. The maximum Gasteiger partial charge on any atom is 0.328 e. The minimum absolute atomic E-state index is 0.0194. The van der Waals surface area contributed by atoms with Crippen LogP contribution >= 0.6 is 11.6 Å². The van der Waals surface area contributed by atoms with Gasteiger partial charge in [-0.3, -0.25) is 0 Å². The fraction of sp³-hybridized carbons (Fsp3) is 0.250. The maximum absolute atomic E-state index is 13.6. The second-order valence-electron chi connectivity index (χ2n) is 3.78. The van der Waals surface area contributed by atoms with Gasteiger partial charge in [-0.15, -0.1) is 0 Å². The molecule has 1 aromatic carbocycles. The van der Waals surface area contributed by atoms with Gasteiger partial charge in [-0.1, -0.05) is 6.07 Å². The average Bonchev–Trinajstić information content (AvgIpc) is 2.33. The lowest BCUT2D eigenvalue weighted by Crippen LogP contribution is -2.05. The van der Waals surface area contributed by atoms with E-state index in [1.54, 1.807) is 12.1 Å². The SMILES string of the molecule is CCNc1nc(Cl)nc(Oc2cc(C)ccc2F)n1. The number of aryl methyl sites for hydroxylation is 1. The minimum Gasteiger partial charge on any atom is -0.421 e. The third-order valence-electron chi connectivity index (χ3n) is 2.21. The van der Waals surface area contributed by atoms with Crippen LogP contribution in [0.25, 0.3) is 0 Å². The molecule has 7 heteroatoms. The van der Waals surface area contributed by atoms with E-state index in [9.17, 15) is 4.39 Å². The molecule has 0 atom stereocenters. The first-order valence-corrected chi connectivity index (χ1v) is 6.05. The molecule has 0 saturated heterocycles. The van der Waals surface area contributed by atoms with Gasteiger partial charge >= 0.3 is 6.01 Å². The molecule has 1 aromatic heterocycles. The lowest BCUT2D eigenvalue weighted by atomic mass is 10.2. The highest BCUT2D eigenvalue weighted by Gasteiger charge is 2.10. The van der Waals surface area contributed by atoms with Gasteiger partial charge in [0.25, 0.3) is 0 Å². The van der Waals surface area contributed by atoms with Crippen LogP contribution in [0.3, 0.4) is 0 Å². The molecule has 0 unspecified atom stereocenters. The van der Waals surface area contributed by atoms with Gasteiger partial charge in [-0.2, -0.15) is 15.0 Å². The molecule has 19 heavy (non-hydrogen) atoms. The number of hydrogen-bond donors (Lipinski definition) is 1.